The lowest BCUT2D eigenvalue weighted by Gasteiger charge is -2.33. The number of carboxylic acid groups (broad SMARTS) is 1. The fourth-order valence-electron chi connectivity index (χ4n) is 2.46. The lowest BCUT2D eigenvalue weighted by Crippen LogP contribution is -2.51. The SMILES string of the molecule is CCCC(C(=O)O)N(C(=O)CC)C1CCS(=O)(=O)C1. The van der Waals surface area contributed by atoms with Crippen molar-refractivity contribution in [1.82, 2.24) is 4.90 Å². The standard InChI is InChI=1S/C12H21NO5S/c1-3-5-10(12(15)16)13(11(14)4-2)9-6-7-19(17,18)8-9/h9-10H,3-8H2,1-2H3,(H,15,16). The Morgan fingerprint density at radius 3 is 2.37 bits per heavy atom. The van der Waals surface area contributed by atoms with Gasteiger partial charge in [-0.05, 0) is 12.8 Å². The molecular formula is C12H21NO5S. The number of carbonyl (C=O) groups is 2. The minimum Gasteiger partial charge on any atom is -0.480 e. The van der Waals surface area contributed by atoms with Gasteiger partial charge in [0, 0.05) is 12.5 Å². The molecule has 1 rings (SSSR count). The van der Waals surface area contributed by atoms with Crippen LogP contribution in [0.4, 0.5) is 0 Å². The largest absolute Gasteiger partial charge is 0.480 e. The molecule has 2 atom stereocenters. The molecule has 1 fully saturated rings. The summed E-state index contributed by atoms with van der Waals surface area (Å²) in [5, 5.41) is 9.27. The van der Waals surface area contributed by atoms with Crippen molar-refractivity contribution in [3.8, 4) is 0 Å². The molecule has 0 bridgehead atoms. The fourth-order valence-corrected chi connectivity index (χ4v) is 4.18. The van der Waals surface area contributed by atoms with Gasteiger partial charge >= 0.3 is 5.97 Å². The first kappa shape index (κ1) is 15.9. The van der Waals surface area contributed by atoms with E-state index in [9.17, 15) is 23.1 Å². The molecule has 0 aromatic heterocycles. The molecule has 6 nitrogen and oxygen atoms in total. The molecule has 1 heterocycles. The molecule has 1 N–H and O–H groups in total. The molecule has 0 spiro atoms. The molecule has 1 aliphatic heterocycles. The van der Waals surface area contributed by atoms with Crippen LogP contribution in [0.2, 0.25) is 0 Å². The molecule has 0 aromatic rings. The van der Waals surface area contributed by atoms with Crippen LogP contribution >= 0.6 is 0 Å². The monoisotopic (exact) mass is 291 g/mol. The maximum Gasteiger partial charge on any atom is 0.326 e. The predicted octanol–water partition coefficient (Wildman–Crippen LogP) is 0.665. The first-order chi connectivity index (χ1) is 8.82. The molecular weight excluding hydrogens is 270 g/mol. The normalized spacial score (nSPS) is 22.9. The van der Waals surface area contributed by atoms with Crippen LogP contribution in [-0.4, -0.2) is 53.9 Å². The second-order valence-corrected chi connectivity index (χ2v) is 7.08. The molecule has 0 aromatic carbocycles. The van der Waals surface area contributed by atoms with Crippen LogP contribution in [0.3, 0.4) is 0 Å². The van der Waals surface area contributed by atoms with Gasteiger partial charge < -0.3 is 10.0 Å². The highest BCUT2D eigenvalue weighted by molar-refractivity contribution is 7.91. The number of hydrogen-bond acceptors (Lipinski definition) is 4. The van der Waals surface area contributed by atoms with Gasteiger partial charge in [0.15, 0.2) is 9.84 Å². The van der Waals surface area contributed by atoms with E-state index in [2.05, 4.69) is 0 Å². The zero-order valence-corrected chi connectivity index (χ0v) is 12.1. The van der Waals surface area contributed by atoms with Crippen LogP contribution in [-0.2, 0) is 19.4 Å². The summed E-state index contributed by atoms with van der Waals surface area (Å²) in [6, 6.07) is -1.42. The third-order valence-electron chi connectivity index (χ3n) is 3.38. The van der Waals surface area contributed by atoms with E-state index >= 15 is 0 Å². The fraction of sp³-hybridized carbons (Fsp3) is 0.833. The van der Waals surface area contributed by atoms with Crippen LogP contribution in [0, 0.1) is 0 Å². The predicted molar refractivity (Wildman–Crippen MR) is 70.5 cm³/mol. The van der Waals surface area contributed by atoms with Crippen molar-refractivity contribution in [1.29, 1.82) is 0 Å². The molecule has 1 amide bonds. The van der Waals surface area contributed by atoms with E-state index in [4.69, 9.17) is 0 Å². The van der Waals surface area contributed by atoms with Crippen molar-refractivity contribution >= 4 is 21.7 Å². The molecule has 2 unspecified atom stereocenters. The van der Waals surface area contributed by atoms with Gasteiger partial charge in [-0.2, -0.15) is 0 Å². The third kappa shape index (κ3) is 3.92. The summed E-state index contributed by atoms with van der Waals surface area (Å²) in [5.74, 6) is -1.44. The Morgan fingerprint density at radius 2 is 2.00 bits per heavy atom. The number of carboxylic acids is 1. The van der Waals surface area contributed by atoms with Crippen LogP contribution in [0.5, 0.6) is 0 Å². The zero-order valence-electron chi connectivity index (χ0n) is 11.3. The maximum absolute atomic E-state index is 12.0. The first-order valence-electron chi connectivity index (χ1n) is 6.56. The average molecular weight is 291 g/mol. The summed E-state index contributed by atoms with van der Waals surface area (Å²) in [6.45, 7) is 3.50. The number of sulfone groups is 1. The van der Waals surface area contributed by atoms with E-state index < -0.39 is 27.9 Å². The van der Waals surface area contributed by atoms with E-state index in [1.54, 1.807) is 6.92 Å². The van der Waals surface area contributed by atoms with Crippen LogP contribution in [0.15, 0.2) is 0 Å². The van der Waals surface area contributed by atoms with Crippen molar-refractivity contribution < 1.29 is 23.1 Å². The van der Waals surface area contributed by atoms with Gasteiger partial charge in [0.1, 0.15) is 6.04 Å². The van der Waals surface area contributed by atoms with E-state index in [-0.39, 0.29) is 23.8 Å². The number of amides is 1. The van der Waals surface area contributed by atoms with Crippen LogP contribution in [0.25, 0.3) is 0 Å². The Labute approximate surface area is 113 Å². The summed E-state index contributed by atoms with van der Waals surface area (Å²) in [5.41, 5.74) is 0. The number of rotatable bonds is 6. The van der Waals surface area contributed by atoms with Crippen molar-refractivity contribution in [2.75, 3.05) is 11.5 Å². The summed E-state index contributed by atoms with van der Waals surface area (Å²) >= 11 is 0. The Morgan fingerprint density at radius 1 is 1.37 bits per heavy atom. The number of nitrogens with zero attached hydrogens (tertiary/aromatic N) is 1. The van der Waals surface area contributed by atoms with Crippen molar-refractivity contribution in [2.24, 2.45) is 0 Å². The molecule has 1 saturated heterocycles. The summed E-state index contributed by atoms with van der Waals surface area (Å²) in [7, 11) is -3.14. The first-order valence-corrected chi connectivity index (χ1v) is 8.39. The third-order valence-corrected chi connectivity index (χ3v) is 5.13. The van der Waals surface area contributed by atoms with Crippen LogP contribution in [0.1, 0.15) is 39.5 Å². The highest BCUT2D eigenvalue weighted by atomic mass is 32.2. The van der Waals surface area contributed by atoms with E-state index in [1.807, 2.05) is 6.92 Å². The Bertz CT molecular complexity index is 445. The van der Waals surface area contributed by atoms with Gasteiger partial charge in [0.25, 0.3) is 0 Å². The minimum atomic E-state index is -3.14. The number of hydrogen-bond donors (Lipinski definition) is 1. The quantitative estimate of drug-likeness (QED) is 0.776. The average Bonchev–Trinajstić information content (AvgIpc) is 2.68. The van der Waals surface area contributed by atoms with Crippen molar-refractivity contribution in [3.05, 3.63) is 0 Å². The molecule has 0 aliphatic carbocycles. The van der Waals surface area contributed by atoms with Crippen molar-refractivity contribution in [2.45, 2.75) is 51.6 Å². The minimum absolute atomic E-state index is 0.0314. The van der Waals surface area contributed by atoms with Gasteiger partial charge in [-0.15, -0.1) is 0 Å². The second kappa shape index (κ2) is 6.36. The Kier molecular flexibility index (Phi) is 5.34. The van der Waals surface area contributed by atoms with Crippen LogP contribution < -0.4 is 0 Å². The second-order valence-electron chi connectivity index (χ2n) is 4.85. The summed E-state index contributed by atoms with van der Waals surface area (Å²) < 4.78 is 23.0. The van der Waals surface area contributed by atoms with Gasteiger partial charge in [-0.1, -0.05) is 20.3 Å². The van der Waals surface area contributed by atoms with Gasteiger partial charge in [0.05, 0.1) is 11.5 Å². The van der Waals surface area contributed by atoms with E-state index in [0.29, 0.717) is 19.3 Å². The van der Waals surface area contributed by atoms with Gasteiger partial charge in [0.2, 0.25) is 5.91 Å². The topological polar surface area (TPSA) is 91.8 Å². The number of aliphatic carboxylic acids is 1. The molecule has 7 heteroatoms. The lowest BCUT2D eigenvalue weighted by molar-refractivity contribution is -0.152. The number of carbonyl (C=O) groups excluding carboxylic acids is 1. The van der Waals surface area contributed by atoms with E-state index in [1.165, 1.54) is 4.90 Å². The summed E-state index contributed by atoms with van der Waals surface area (Å²) in [6.07, 6.45) is 1.49. The van der Waals surface area contributed by atoms with Crippen molar-refractivity contribution in [3.63, 3.8) is 0 Å². The van der Waals surface area contributed by atoms with Gasteiger partial charge in [-0.25, -0.2) is 13.2 Å². The summed E-state index contributed by atoms with van der Waals surface area (Å²) in [4.78, 5) is 24.6. The molecule has 0 saturated carbocycles. The Balaban J connectivity index is 3.00. The molecule has 0 radical (unpaired) electrons. The molecule has 1 aliphatic rings. The Hall–Kier alpha value is -1.11. The molecule has 110 valence electrons. The highest BCUT2D eigenvalue weighted by Gasteiger charge is 2.39. The maximum atomic E-state index is 12.0. The molecule has 19 heavy (non-hydrogen) atoms. The van der Waals surface area contributed by atoms with E-state index in [0.717, 1.165) is 0 Å². The lowest BCUT2D eigenvalue weighted by atomic mass is 10.1. The highest BCUT2D eigenvalue weighted by Crippen LogP contribution is 2.23. The zero-order chi connectivity index (χ0) is 14.6. The smallest absolute Gasteiger partial charge is 0.326 e. The van der Waals surface area contributed by atoms with Gasteiger partial charge in [-0.3, -0.25) is 4.79 Å².